The third kappa shape index (κ3) is 3.66. The average Bonchev–Trinajstić information content (AvgIpc) is 2.29. The second-order valence-corrected chi connectivity index (χ2v) is 4.59. The fourth-order valence-electron chi connectivity index (χ4n) is 1.68. The summed E-state index contributed by atoms with van der Waals surface area (Å²) in [7, 11) is 0. The van der Waals surface area contributed by atoms with E-state index >= 15 is 0 Å². The van der Waals surface area contributed by atoms with Gasteiger partial charge in [-0.15, -0.1) is 0 Å². The van der Waals surface area contributed by atoms with Gasteiger partial charge in [-0.2, -0.15) is 0 Å². The van der Waals surface area contributed by atoms with E-state index in [9.17, 15) is 4.79 Å². The van der Waals surface area contributed by atoms with Crippen molar-refractivity contribution < 1.29 is 4.79 Å². The molecule has 82 valence electrons. The summed E-state index contributed by atoms with van der Waals surface area (Å²) in [5, 5.41) is 6.43. The van der Waals surface area contributed by atoms with Crippen molar-refractivity contribution in [3.8, 4) is 0 Å². The van der Waals surface area contributed by atoms with E-state index in [0.717, 1.165) is 19.4 Å². The van der Waals surface area contributed by atoms with Crippen LogP contribution in [-0.4, -0.2) is 24.5 Å². The van der Waals surface area contributed by atoms with Crippen molar-refractivity contribution in [3.05, 3.63) is 0 Å². The first-order chi connectivity index (χ1) is 6.59. The van der Waals surface area contributed by atoms with Gasteiger partial charge in [0.05, 0.1) is 0 Å². The molecule has 0 bridgehead atoms. The van der Waals surface area contributed by atoms with Crippen LogP contribution < -0.4 is 10.6 Å². The second-order valence-electron chi connectivity index (χ2n) is 4.59. The van der Waals surface area contributed by atoms with Crippen LogP contribution in [0.5, 0.6) is 0 Å². The summed E-state index contributed by atoms with van der Waals surface area (Å²) >= 11 is 0. The summed E-state index contributed by atoms with van der Waals surface area (Å²) < 4.78 is 0. The molecule has 0 radical (unpaired) electrons. The molecule has 1 fully saturated rings. The maximum Gasteiger partial charge on any atom is 0.221 e. The van der Waals surface area contributed by atoms with Gasteiger partial charge >= 0.3 is 0 Å². The number of hydrogen-bond donors (Lipinski definition) is 2. The molecule has 2 atom stereocenters. The molecule has 1 rings (SSSR count). The van der Waals surface area contributed by atoms with E-state index in [0.29, 0.717) is 24.4 Å². The number of carbonyl (C=O) groups is 1. The van der Waals surface area contributed by atoms with E-state index < -0.39 is 0 Å². The van der Waals surface area contributed by atoms with Crippen LogP contribution >= 0.6 is 0 Å². The number of amides is 1. The fraction of sp³-hybridized carbons (Fsp3) is 0.909. The highest BCUT2D eigenvalue weighted by atomic mass is 16.1. The molecule has 1 heterocycles. The van der Waals surface area contributed by atoms with Crippen LogP contribution in [0.15, 0.2) is 0 Å². The first kappa shape index (κ1) is 11.5. The monoisotopic (exact) mass is 198 g/mol. The first-order valence-corrected chi connectivity index (χ1v) is 5.62. The summed E-state index contributed by atoms with van der Waals surface area (Å²) in [6.07, 6.45) is 2.83. The summed E-state index contributed by atoms with van der Waals surface area (Å²) in [6, 6.07) is 0.862. The Morgan fingerprint density at radius 1 is 1.43 bits per heavy atom. The Bertz CT molecular complexity index is 192. The van der Waals surface area contributed by atoms with Crippen LogP contribution in [0, 0.1) is 5.92 Å². The lowest BCUT2D eigenvalue weighted by molar-refractivity contribution is -0.121. The van der Waals surface area contributed by atoms with Crippen molar-refractivity contribution in [1.82, 2.24) is 10.6 Å². The molecule has 14 heavy (non-hydrogen) atoms. The molecule has 1 saturated heterocycles. The third-order valence-electron chi connectivity index (χ3n) is 2.98. The highest BCUT2D eigenvalue weighted by molar-refractivity contribution is 5.76. The molecule has 1 amide bonds. The van der Waals surface area contributed by atoms with Gasteiger partial charge in [0.1, 0.15) is 0 Å². The molecule has 2 N–H and O–H groups in total. The Morgan fingerprint density at radius 3 is 2.79 bits per heavy atom. The van der Waals surface area contributed by atoms with E-state index in [1.807, 2.05) is 0 Å². The van der Waals surface area contributed by atoms with Gasteiger partial charge < -0.3 is 10.6 Å². The Balaban J connectivity index is 2.38. The predicted octanol–water partition coefficient (Wildman–Crippen LogP) is 1.29. The van der Waals surface area contributed by atoms with Crippen LogP contribution in [0.1, 0.15) is 40.0 Å². The number of carbonyl (C=O) groups excluding carboxylic acids is 1. The standard InChI is InChI=1S/C11H22N2O/c1-8(2)9(3)13-10-5-4-6-12-11(14)7-10/h8-10,13H,4-7H2,1-3H3,(H,12,14). The average molecular weight is 198 g/mol. The molecule has 2 unspecified atom stereocenters. The van der Waals surface area contributed by atoms with Crippen LogP contribution in [-0.2, 0) is 4.79 Å². The lowest BCUT2D eigenvalue weighted by Crippen LogP contribution is -2.40. The van der Waals surface area contributed by atoms with Crippen molar-refractivity contribution in [2.75, 3.05) is 6.54 Å². The first-order valence-electron chi connectivity index (χ1n) is 5.62. The molecule has 1 aliphatic heterocycles. The molecule has 0 spiro atoms. The topological polar surface area (TPSA) is 41.1 Å². The molecule has 0 aromatic rings. The van der Waals surface area contributed by atoms with Crippen LogP contribution in [0.2, 0.25) is 0 Å². The van der Waals surface area contributed by atoms with E-state index in [2.05, 4.69) is 31.4 Å². The summed E-state index contributed by atoms with van der Waals surface area (Å²) in [5.41, 5.74) is 0. The Morgan fingerprint density at radius 2 is 2.14 bits per heavy atom. The van der Waals surface area contributed by atoms with Gasteiger partial charge in [-0.3, -0.25) is 4.79 Å². The molecule has 0 saturated carbocycles. The zero-order valence-electron chi connectivity index (χ0n) is 9.47. The zero-order chi connectivity index (χ0) is 10.6. The molecule has 3 nitrogen and oxygen atoms in total. The SMILES string of the molecule is CC(C)C(C)NC1CCCNC(=O)C1. The lowest BCUT2D eigenvalue weighted by atomic mass is 10.0. The van der Waals surface area contributed by atoms with Gasteiger partial charge in [-0.25, -0.2) is 0 Å². The number of hydrogen-bond acceptors (Lipinski definition) is 2. The maximum atomic E-state index is 11.3. The third-order valence-corrected chi connectivity index (χ3v) is 2.98. The minimum atomic E-state index is 0.191. The quantitative estimate of drug-likeness (QED) is 0.717. The van der Waals surface area contributed by atoms with Crippen LogP contribution in [0.4, 0.5) is 0 Å². The molecule has 1 aliphatic rings. The fourth-order valence-corrected chi connectivity index (χ4v) is 1.68. The van der Waals surface area contributed by atoms with Gasteiger partial charge in [0, 0.05) is 25.0 Å². The van der Waals surface area contributed by atoms with Gasteiger partial charge in [-0.1, -0.05) is 13.8 Å². The zero-order valence-corrected chi connectivity index (χ0v) is 9.47. The lowest BCUT2D eigenvalue weighted by Gasteiger charge is -2.23. The molecule has 0 aromatic heterocycles. The van der Waals surface area contributed by atoms with Crippen molar-refractivity contribution >= 4 is 5.91 Å². The Labute approximate surface area is 86.6 Å². The highest BCUT2D eigenvalue weighted by Gasteiger charge is 2.19. The van der Waals surface area contributed by atoms with E-state index in [1.165, 1.54) is 0 Å². The van der Waals surface area contributed by atoms with Crippen LogP contribution in [0.3, 0.4) is 0 Å². The summed E-state index contributed by atoms with van der Waals surface area (Å²) in [5.74, 6) is 0.817. The molecule has 0 aromatic carbocycles. The predicted molar refractivity (Wildman–Crippen MR) is 58.1 cm³/mol. The molecular weight excluding hydrogens is 176 g/mol. The van der Waals surface area contributed by atoms with Crippen LogP contribution in [0.25, 0.3) is 0 Å². The number of rotatable bonds is 3. The van der Waals surface area contributed by atoms with Gasteiger partial charge in [0.2, 0.25) is 5.91 Å². The number of nitrogens with one attached hydrogen (secondary N) is 2. The van der Waals surface area contributed by atoms with Gasteiger partial charge in [0.25, 0.3) is 0 Å². The second kappa shape index (κ2) is 5.35. The van der Waals surface area contributed by atoms with Gasteiger partial charge in [-0.05, 0) is 25.7 Å². The molecule has 0 aliphatic carbocycles. The Hall–Kier alpha value is -0.570. The minimum Gasteiger partial charge on any atom is -0.356 e. The van der Waals surface area contributed by atoms with Gasteiger partial charge in [0.15, 0.2) is 0 Å². The van der Waals surface area contributed by atoms with Crippen molar-refractivity contribution in [2.45, 2.75) is 52.1 Å². The Kier molecular flexibility index (Phi) is 4.39. The maximum absolute atomic E-state index is 11.3. The van der Waals surface area contributed by atoms with E-state index in [4.69, 9.17) is 0 Å². The smallest absolute Gasteiger partial charge is 0.221 e. The van der Waals surface area contributed by atoms with E-state index in [-0.39, 0.29) is 5.91 Å². The normalized spacial score (nSPS) is 25.7. The summed E-state index contributed by atoms with van der Waals surface area (Å²) in [4.78, 5) is 11.3. The largest absolute Gasteiger partial charge is 0.356 e. The van der Waals surface area contributed by atoms with Crippen molar-refractivity contribution in [2.24, 2.45) is 5.92 Å². The summed E-state index contributed by atoms with van der Waals surface area (Å²) in [6.45, 7) is 7.43. The van der Waals surface area contributed by atoms with E-state index in [1.54, 1.807) is 0 Å². The van der Waals surface area contributed by atoms with Crippen molar-refractivity contribution in [3.63, 3.8) is 0 Å². The molecule has 3 heteroatoms. The molecular formula is C11H22N2O. The minimum absolute atomic E-state index is 0.191. The highest BCUT2D eigenvalue weighted by Crippen LogP contribution is 2.09. The van der Waals surface area contributed by atoms with Crippen molar-refractivity contribution in [1.29, 1.82) is 0 Å².